The van der Waals surface area contributed by atoms with Crippen LogP contribution < -0.4 is 4.72 Å². The van der Waals surface area contributed by atoms with Gasteiger partial charge in [-0.05, 0) is 58.4 Å². The summed E-state index contributed by atoms with van der Waals surface area (Å²) in [5.74, 6) is 0. The minimum atomic E-state index is -3.70. The first-order valence-corrected chi connectivity index (χ1v) is 8.11. The highest BCUT2D eigenvalue weighted by atomic mass is 79.9. The van der Waals surface area contributed by atoms with Crippen LogP contribution in [0, 0.1) is 0 Å². The molecule has 0 aromatic heterocycles. The van der Waals surface area contributed by atoms with Crippen molar-refractivity contribution >= 4 is 49.5 Å². The number of sulfonamides is 1. The summed E-state index contributed by atoms with van der Waals surface area (Å²) in [5.41, 5.74) is 0.851. The van der Waals surface area contributed by atoms with E-state index < -0.39 is 10.0 Å². The maximum absolute atomic E-state index is 12.2. The Morgan fingerprint density at radius 1 is 1.10 bits per heavy atom. The van der Waals surface area contributed by atoms with Crippen LogP contribution in [0.3, 0.4) is 0 Å². The molecule has 0 fully saturated rings. The van der Waals surface area contributed by atoms with Crippen LogP contribution in [0.25, 0.3) is 0 Å². The molecule has 0 amide bonds. The third-order valence-corrected chi connectivity index (χ3v) is 5.09. The summed E-state index contributed by atoms with van der Waals surface area (Å²) in [6.45, 7) is 0. The van der Waals surface area contributed by atoms with Crippen LogP contribution in [0.15, 0.2) is 51.8 Å². The summed E-state index contributed by atoms with van der Waals surface area (Å²) in [5, 5.41) is 0.430. The molecule has 0 aliphatic rings. The molecule has 0 saturated carbocycles. The van der Waals surface area contributed by atoms with Gasteiger partial charge in [0.1, 0.15) is 6.29 Å². The van der Waals surface area contributed by atoms with Crippen LogP contribution in [-0.2, 0) is 10.0 Å². The highest BCUT2D eigenvalue weighted by Gasteiger charge is 2.15. The smallest absolute Gasteiger partial charge is 0.261 e. The number of halogens is 2. The molecule has 0 spiro atoms. The van der Waals surface area contributed by atoms with Gasteiger partial charge in [0.2, 0.25) is 0 Å². The fourth-order valence-corrected chi connectivity index (χ4v) is 3.22. The van der Waals surface area contributed by atoms with Gasteiger partial charge >= 0.3 is 0 Å². The number of carbonyl (C=O) groups is 1. The molecular formula is C13H9BrClNO3S. The van der Waals surface area contributed by atoms with Crippen molar-refractivity contribution in [3.05, 3.63) is 57.5 Å². The van der Waals surface area contributed by atoms with E-state index in [-0.39, 0.29) is 4.90 Å². The van der Waals surface area contributed by atoms with Crippen LogP contribution in [0.2, 0.25) is 5.02 Å². The molecule has 0 saturated heterocycles. The molecule has 7 heteroatoms. The Balaban J connectivity index is 2.30. The number of hydrogen-bond donors (Lipinski definition) is 1. The minimum absolute atomic E-state index is 0.0910. The Labute approximate surface area is 129 Å². The summed E-state index contributed by atoms with van der Waals surface area (Å²) in [6, 6.07) is 10.4. The lowest BCUT2D eigenvalue weighted by atomic mass is 10.2. The Morgan fingerprint density at radius 3 is 2.30 bits per heavy atom. The minimum Gasteiger partial charge on any atom is -0.298 e. The summed E-state index contributed by atoms with van der Waals surface area (Å²) in [4.78, 5) is 10.6. The number of aldehydes is 1. The lowest BCUT2D eigenvalue weighted by Crippen LogP contribution is -2.12. The molecule has 0 heterocycles. The molecule has 0 aliphatic carbocycles. The molecule has 2 aromatic carbocycles. The molecule has 1 N–H and O–H groups in total. The van der Waals surface area contributed by atoms with Crippen molar-refractivity contribution < 1.29 is 13.2 Å². The van der Waals surface area contributed by atoms with Gasteiger partial charge in [-0.25, -0.2) is 8.42 Å². The molecular weight excluding hydrogens is 366 g/mol. The topological polar surface area (TPSA) is 63.2 Å². The Morgan fingerprint density at radius 2 is 1.75 bits per heavy atom. The molecule has 0 unspecified atom stereocenters. The fraction of sp³-hybridized carbons (Fsp3) is 0. The zero-order chi connectivity index (χ0) is 14.8. The zero-order valence-corrected chi connectivity index (χ0v) is 13.2. The van der Waals surface area contributed by atoms with Crippen LogP contribution >= 0.6 is 27.5 Å². The number of carbonyl (C=O) groups excluding carboxylic acids is 1. The van der Waals surface area contributed by atoms with Gasteiger partial charge in [-0.1, -0.05) is 11.6 Å². The van der Waals surface area contributed by atoms with Crippen molar-refractivity contribution in [3.8, 4) is 0 Å². The van der Waals surface area contributed by atoms with E-state index in [1.54, 1.807) is 0 Å². The summed E-state index contributed by atoms with van der Waals surface area (Å²) < 4.78 is 27.3. The van der Waals surface area contributed by atoms with Gasteiger partial charge in [0.25, 0.3) is 10.0 Å². The van der Waals surface area contributed by atoms with E-state index in [9.17, 15) is 13.2 Å². The van der Waals surface area contributed by atoms with E-state index in [0.717, 1.165) is 0 Å². The van der Waals surface area contributed by atoms with Gasteiger partial charge in [-0.2, -0.15) is 0 Å². The van der Waals surface area contributed by atoms with Crippen LogP contribution in [0.1, 0.15) is 10.4 Å². The van der Waals surface area contributed by atoms with Gasteiger partial charge in [-0.3, -0.25) is 9.52 Å². The highest BCUT2D eigenvalue weighted by Crippen LogP contribution is 2.26. The molecule has 4 nitrogen and oxygen atoms in total. The van der Waals surface area contributed by atoms with Gasteiger partial charge in [0, 0.05) is 15.7 Å². The molecule has 0 atom stereocenters. The van der Waals surface area contributed by atoms with Crippen molar-refractivity contribution in [2.24, 2.45) is 0 Å². The van der Waals surface area contributed by atoms with Gasteiger partial charge in [0.15, 0.2) is 0 Å². The number of nitrogens with one attached hydrogen (secondary N) is 1. The fourth-order valence-electron chi connectivity index (χ4n) is 1.49. The van der Waals surface area contributed by atoms with Crippen molar-refractivity contribution in [1.82, 2.24) is 0 Å². The van der Waals surface area contributed by atoms with E-state index in [2.05, 4.69) is 20.7 Å². The maximum Gasteiger partial charge on any atom is 0.261 e. The molecule has 2 aromatic rings. The quantitative estimate of drug-likeness (QED) is 0.830. The Kier molecular flexibility index (Phi) is 4.47. The maximum atomic E-state index is 12.2. The third-order valence-electron chi connectivity index (χ3n) is 2.50. The number of anilines is 1. The third kappa shape index (κ3) is 3.39. The summed E-state index contributed by atoms with van der Waals surface area (Å²) >= 11 is 9.01. The van der Waals surface area contributed by atoms with E-state index in [1.807, 2.05) is 0 Å². The Hall–Kier alpha value is -1.37. The van der Waals surface area contributed by atoms with E-state index in [0.29, 0.717) is 27.0 Å². The standard InChI is InChI=1S/C13H9BrClNO3S/c14-12-7-11(5-6-13(12)15)20(18,19)16-10-3-1-9(8-17)2-4-10/h1-8,16H. The van der Waals surface area contributed by atoms with Crippen molar-refractivity contribution in [3.63, 3.8) is 0 Å². The predicted octanol–water partition coefficient (Wildman–Crippen LogP) is 3.72. The highest BCUT2D eigenvalue weighted by molar-refractivity contribution is 9.10. The first kappa shape index (κ1) is 15.0. The van der Waals surface area contributed by atoms with E-state index in [4.69, 9.17) is 11.6 Å². The number of benzene rings is 2. The average Bonchev–Trinajstić information content (AvgIpc) is 2.42. The lowest BCUT2D eigenvalue weighted by Gasteiger charge is -2.09. The number of hydrogen-bond acceptors (Lipinski definition) is 3. The molecule has 0 bridgehead atoms. The zero-order valence-electron chi connectivity index (χ0n) is 10.0. The lowest BCUT2D eigenvalue weighted by molar-refractivity contribution is 0.112. The summed E-state index contributed by atoms with van der Waals surface area (Å²) in [7, 11) is -3.70. The van der Waals surface area contributed by atoms with Gasteiger partial charge < -0.3 is 0 Å². The van der Waals surface area contributed by atoms with Gasteiger partial charge in [-0.15, -0.1) is 0 Å². The molecule has 2 rings (SSSR count). The van der Waals surface area contributed by atoms with Crippen LogP contribution in [0.5, 0.6) is 0 Å². The molecule has 20 heavy (non-hydrogen) atoms. The Bertz CT molecular complexity index is 745. The van der Waals surface area contributed by atoms with Crippen molar-refractivity contribution in [2.75, 3.05) is 4.72 Å². The van der Waals surface area contributed by atoms with Crippen molar-refractivity contribution in [2.45, 2.75) is 4.90 Å². The molecule has 0 radical (unpaired) electrons. The SMILES string of the molecule is O=Cc1ccc(NS(=O)(=O)c2ccc(Cl)c(Br)c2)cc1. The first-order valence-electron chi connectivity index (χ1n) is 5.45. The van der Waals surface area contributed by atoms with Gasteiger partial charge in [0.05, 0.1) is 9.92 Å². The second kappa shape index (κ2) is 5.95. The largest absolute Gasteiger partial charge is 0.298 e. The van der Waals surface area contributed by atoms with E-state index in [1.165, 1.54) is 42.5 Å². The van der Waals surface area contributed by atoms with E-state index >= 15 is 0 Å². The monoisotopic (exact) mass is 373 g/mol. The normalized spacial score (nSPS) is 11.1. The first-order chi connectivity index (χ1) is 9.42. The van der Waals surface area contributed by atoms with Crippen LogP contribution in [0.4, 0.5) is 5.69 Å². The predicted molar refractivity (Wildman–Crippen MR) is 81.8 cm³/mol. The summed E-state index contributed by atoms with van der Waals surface area (Å²) in [6.07, 6.45) is 0.689. The average molecular weight is 375 g/mol. The second-order valence-electron chi connectivity index (χ2n) is 3.92. The van der Waals surface area contributed by atoms with Crippen LogP contribution in [-0.4, -0.2) is 14.7 Å². The number of rotatable bonds is 4. The second-order valence-corrected chi connectivity index (χ2v) is 6.87. The van der Waals surface area contributed by atoms with Crippen molar-refractivity contribution in [1.29, 1.82) is 0 Å². The molecule has 0 aliphatic heterocycles. The molecule has 104 valence electrons.